The first-order chi connectivity index (χ1) is 11.9. The van der Waals surface area contributed by atoms with E-state index in [2.05, 4.69) is 17.4 Å². The van der Waals surface area contributed by atoms with Gasteiger partial charge >= 0.3 is 6.09 Å². The van der Waals surface area contributed by atoms with Gasteiger partial charge in [-0.3, -0.25) is 0 Å². The van der Waals surface area contributed by atoms with Crippen LogP contribution in [-0.2, 0) is 11.3 Å². The van der Waals surface area contributed by atoms with Gasteiger partial charge in [-0.2, -0.15) is 0 Å². The summed E-state index contributed by atoms with van der Waals surface area (Å²) in [7, 11) is 0. The van der Waals surface area contributed by atoms with Crippen LogP contribution in [0, 0.1) is 0 Å². The van der Waals surface area contributed by atoms with Crippen LogP contribution < -0.4 is 10.1 Å². The van der Waals surface area contributed by atoms with Crippen LogP contribution in [0.1, 0.15) is 44.2 Å². The second-order valence-corrected chi connectivity index (χ2v) is 7.44. The molecular weight excluding hydrogens is 314 g/mol. The predicted molar refractivity (Wildman–Crippen MR) is 97.7 cm³/mol. The Bertz CT molecular complexity index is 704. The Morgan fingerprint density at radius 2 is 1.76 bits per heavy atom. The quantitative estimate of drug-likeness (QED) is 0.863. The zero-order chi connectivity index (χ0) is 17.9. The number of hydrogen-bond acceptors (Lipinski definition) is 3. The number of benzene rings is 2. The van der Waals surface area contributed by atoms with Crippen LogP contribution in [0.5, 0.6) is 5.75 Å². The molecule has 4 heteroatoms. The van der Waals surface area contributed by atoms with Crippen molar-refractivity contribution in [1.29, 1.82) is 0 Å². The van der Waals surface area contributed by atoms with Crippen LogP contribution in [0.4, 0.5) is 4.79 Å². The molecule has 1 unspecified atom stereocenters. The fraction of sp³-hybridized carbons (Fsp3) is 0.381. The van der Waals surface area contributed by atoms with E-state index >= 15 is 0 Å². The van der Waals surface area contributed by atoms with E-state index in [0.29, 0.717) is 12.5 Å². The molecule has 25 heavy (non-hydrogen) atoms. The molecule has 1 N–H and O–H groups in total. The highest BCUT2D eigenvalue weighted by molar-refractivity contribution is 5.69. The van der Waals surface area contributed by atoms with Crippen molar-refractivity contribution >= 4 is 6.09 Å². The largest absolute Gasteiger partial charge is 0.489 e. The van der Waals surface area contributed by atoms with Gasteiger partial charge in [-0.25, -0.2) is 4.79 Å². The van der Waals surface area contributed by atoms with Crippen LogP contribution in [0.25, 0.3) is 0 Å². The highest BCUT2D eigenvalue weighted by Crippen LogP contribution is 2.41. The molecule has 2 aromatic rings. The van der Waals surface area contributed by atoms with Gasteiger partial charge in [-0.05, 0) is 50.5 Å². The number of alkyl carbamates (subject to hydrolysis) is 1. The third kappa shape index (κ3) is 5.24. The van der Waals surface area contributed by atoms with Crippen LogP contribution in [0.2, 0.25) is 0 Å². The minimum atomic E-state index is -0.466. The molecule has 0 spiro atoms. The molecule has 0 aromatic heterocycles. The third-order valence-electron chi connectivity index (χ3n) is 4.05. The summed E-state index contributed by atoms with van der Waals surface area (Å²) in [6.07, 6.45) is 0.603. The lowest BCUT2D eigenvalue weighted by molar-refractivity contribution is 0.0523. The molecule has 132 valence electrons. The van der Waals surface area contributed by atoms with E-state index < -0.39 is 5.60 Å². The molecule has 3 rings (SSSR count). The highest BCUT2D eigenvalue weighted by Gasteiger charge is 2.40. The lowest BCUT2D eigenvalue weighted by atomic mass is 10.1. The Labute approximate surface area is 149 Å². The molecule has 0 saturated heterocycles. The molecular formula is C21H25NO3. The second-order valence-electron chi connectivity index (χ2n) is 7.44. The Morgan fingerprint density at radius 3 is 2.40 bits per heavy atom. The first kappa shape index (κ1) is 17.3. The first-order valence-electron chi connectivity index (χ1n) is 8.67. The lowest BCUT2D eigenvalue weighted by Crippen LogP contribution is -2.34. The molecule has 4 nitrogen and oxygen atoms in total. The Kier molecular flexibility index (Phi) is 4.98. The van der Waals surface area contributed by atoms with Crippen molar-refractivity contribution in [3.63, 3.8) is 0 Å². The highest BCUT2D eigenvalue weighted by atomic mass is 16.6. The summed E-state index contributed by atoms with van der Waals surface area (Å²) in [5, 5.41) is 2.93. The summed E-state index contributed by atoms with van der Waals surface area (Å²) >= 11 is 0. The molecule has 1 amide bonds. The number of hydrogen-bond donors (Lipinski definition) is 1. The Morgan fingerprint density at radius 1 is 1.08 bits per heavy atom. The van der Waals surface area contributed by atoms with Crippen molar-refractivity contribution < 1.29 is 14.3 Å². The van der Waals surface area contributed by atoms with E-state index in [-0.39, 0.29) is 12.1 Å². The van der Waals surface area contributed by atoms with Crippen molar-refractivity contribution in [3.8, 4) is 5.75 Å². The van der Waals surface area contributed by atoms with Gasteiger partial charge < -0.3 is 14.8 Å². The van der Waals surface area contributed by atoms with E-state index in [1.165, 1.54) is 5.56 Å². The van der Waals surface area contributed by atoms with Gasteiger partial charge in [-0.15, -0.1) is 0 Å². The van der Waals surface area contributed by atoms with Crippen molar-refractivity contribution in [3.05, 3.63) is 65.7 Å². The normalized spacial score (nSPS) is 19.2. The lowest BCUT2D eigenvalue weighted by Gasteiger charge is -2.19. The zero-order valence-electron chi connectivity index (χ0n) is 15.0. The van der Waals surface area contributed by atoms with Gasteiger partial charge in [0, 0.05) is 12.0 Å². The monoisotopic (exact) mass is 339 g/mol. The van der Waals surface area contributed by atoms with E-state index in [1.807, 2.05) is 63.2 Å². The van der Waals surface area contributed by atoms with Gasteiger partial charge in [0.25, 0.3) is 0 Å². The third-order valence-corrected chi connectivity index (χ3v) is 4.05. The number of ether oxygens (including phenoxy) is 2. The first-order valence-corrected chi connectivity index (χ1v) is 8.67. The maximum atomic E-state index is 11.8. The average Bonchev–Trinajstić information content (AvgIpc) is 3.31. The second kappa shape index (κ2) is 7.18. The maximum absolute atomic E-state index is 11.8. The average molecular weight is 339 g/mol. The number of carbonyl (C=O) groups excluding carboxylic acids is 1. The van der Waals surface area contributed by atoms with E-state index in [1.54, 1.807) is 0 Å². The fourth-order valence-corrected chi connectivity index (χ4v) is 2.73. The predicted octanol–water partition coefficient (Wildman–Crippen LogP) is 4.65. The van der Waals surface area contributed by atoms with E-state index in [4.69, 9.17) is 9.47 Å². The van der Waals surface area contributed by atoms with Crippen LogP contribution >= 0.6 is 0 Å². The number of rotatable bonds is 5. The molecule has 2 atom stereocenters. The summed E-state index contributed by atoms with van der Waals surface area (Å²) < 4.78 is 11.1. The molecule has 1 saturated carbocycles. The summed E-state index contributed by atoms with van der Waals surface area (Å²) in [4.78, 5) is 11.8. The number of nitrogens with one attached hydrogen (secondary N) is 1. The molecule has 0 radical (unpaired) electrons. The van der Waals surface area contributed by atoms with Crippen molar-refractivity contribution in [1.82, 2.24) is 5.32 Å². The standard InChI is InChI=1S/C21H25NO3/c1-21(2,3)25-20(23)22-19-13-18(19)16-9-11-17(12-10-16)24-14-15-7-5-4-6-8-15/h4-12,18-19H,13-14H2,1-3H3,(H,22,23)/t18?,19-/m0/s1. The summed E-state index contributed by atoms with van der Waals surface area (Å²) in [5.41, 5.74) is 1.90. The van der Waals surface area contributed by atoms with Gasteiger partial charge in [-0.1, -0.05) is 42.5 Å². The minimum absolute atomic E-state index is 0.158. The minimum Gasteiger partial charge on any atom is -0.489 e. The molecule has 0 bridgehead atoms. The van der Waals surface area contributed by atoms with Gasteiger partial charge in [0.2, 0.25) is 0 Å². The van der Waals surface area contributed by atoms with E-state index in [0.717, 1.165) is 17.7 Å². The van der Waals surface area contributed by atoms with Crippen molar-refractivity contribution in [2.24, 2.45) is 0 Å². The summed E-state index contributed by atoms with van der Waals surface area (Å²) in [6, 6.07) is 18.4. The molecule has 2 aromatic carbocycles. The summed E-state index contributed by atoms with van der Waals surface area (Å²) in [6.45, 7) is 6.16. The van der Waals surface area contributed by atoms with Crippen molar-refractivity contribution in [2.75, 3.05) is 0 Å². The molecule has 0 aliphatic heterocycles. The van der Waals surface area contributed by atoms with Crippen LogP contribution in [-0.4, -0.2) is 17.7 Å². The molecule has 1 aliphatic carbocycles. The van der Waals surface area contributed by atoms with E-state index in [9.17, 15) is 4.79 Å². The smallest absolute Gasteiger partial charge is 0.407 e. The SMILES string of the molecule is CC(C)(C)OC(=O)N[C@H]1CC1c1ccc(OCc2ccccc2)cc1. The number of amides is 1. The van der Waals surface area contributed by atoms with Gasteiger partial charge in [0.05, 0.1) is 0 Å². The van der Waals surface area contributed by atoms with Gasteiger partial charge in [0.15, 0.2) is 0 Å². The van der Waals surface area contributed by atoms with Gasteiger partial charge in [0.1, 0.15) is 18.0 Å². The topological polar surface area (TPSA) is 47.6 Å². The summed E-state index contributed by atoms with van der Waals surface area (Å²) in [5.74, 6) is 1.21. The molecule has 1 aliphatic rings. The fourth-order valence-electron chi connectivity index (χ4n) is 2.73. The molecule has 1 fully saturated rings. The van der Waals surface area contributed by atoms with Crippen LogP contribution in [0.3, 0.4) is 0 Å². The van der Waals surface area contributed by atoms with Crippen molar-refractivity contribution in [2.45, 2.75) is 51.4 Å². The molecule has 0 heterocycles. The Balaban J connectivity index is 1.48. The number of carbonyl (C=O) groups is 1. The maximum Gasteiger partial charge on any atom is 0.407 e. The van der Waals surface area contributed by atoms with Crippen LogP contribution in [0.15, 0.2) is 54.6 Å². The zero-order valence-corrected chi connectivity index (χ0v) is 15.0. The Hall–Kier alpha value is -2.49.